The molecule has 0 unspecified atom stereocenters. The van der Waals surface area contributed by atoms with Crippen molar-refractivity contribution in [3.05, 3.63) is 38.3 Å². The lowest BCUT2D eigenvalue weighted by Gasteiger charge is -2.01. The third kappa shape index (κ3) is 1.30. The van der Waals surface area contributed by atoms with Crippen molar-refractivity contribution < 1.29 is 0 Å². The van der Waals surface area contributed by atoms with Crippen molar-refractivity contribution in [1.29, 1.82) is 0 Å². The van der Waals surface area contributed by atoms with Crippen LogP contribution in [0.15, 0.2) is 23.0 Å². The first-order valence-electron chi connectivity index (χ1n) is 3.79. The smallest absolute Gasteiger partial charge is 0.280 e. The number of halogens is 1. The summed E-state index contributed by atoms with van der Waals surface area (Å²) in [5.41, 5.74) is 0.259. The highest BCUT2D eigenvalue weighted by molar-refractivity contribution is 7.71. The molecule has 0 radical (unpaired) electrons. The summed E-state index contributed by atoms with van der Waals surface area (Å²) in [6, 6.07) is 4.87. The van der Waals surface area contributed by atoms with Crippen LogP contribution in [0, 0.1) is 4.77 Å². The molecule has 1 aromatic heterocycles. The molecule has 0 saturated carbocycles. The lowest BCUT2D eigenvalue weighted by atomic mass is 10.2. The molecule has 0 fully saturated rings. The van der Waals surface area contributed by atoms with Crippen LogP contribution in [0.3, 0.4) is 0 Å². The second-order valence-electron chi connectivity index (χ2n) is 2.80. The highest BCUT2D eigenvalue weighted by atomic mass is 35.5. The fourth-order valence-electron chi connectivity index (χ4n) is 1.20. The molecular weight excluding hydrogens is 222 g/mol. The molecule has 0 aliphatic carbocycles. The number of hydrogen-bond donors (Lipinski definition) is 2. The van der Waals surface area contributed by atoms with E-state index in [1.165, 1.54) is 0 Å². The van der Waals surface area contributed by atoms with Crippen molar-refractivity contribution in [2.45, 2.75) is 0 Å². The fraction of sp³-hybridized carbons (Fsp3) is 0. The second kappa shape index (κ2) is 3.11. The van der Waals surface area contributed by atoms with Gasteiger partial charge in [0.2, 0.25) is 0 Å². The van der Waals surface area contributed by atoms with Crippen LogP contribution < -0.4 is 11.4 Å². The van der Waals surface area contributed by atoms with Crippen molar-refractivity contribution in [3.8, 4) is 0 Å². The highest BCUT2D eigenvalue weighted by Gasteiger charge is 2.02. The summed E-state index contributed by atoms with van der Waals surface area (Å²) in [5, 5.41) is 1.00. The van der Waals surface area contributed by atoms with Crippen molar-refractivity contribution in [2.24, 2.45) is 0 Å². The molecule has 0 aliphatic heterocycles. The summed E-state index contributed by atoms with van der Waals surface area (Å²) in [7, 11) is 0. The molecule has 0 aliphatic rings. The second-order valence-corrected chi connectivity index (χ2v) is 3.62. The molecule has 0 saturated heterocycles. The van der Waals surface area contributed by atoms with E-state index in [4.69, 9.17) is 29.7 Å². The number of H-pyrrole nitrogens is 1. The number of nitrogens with two attached hydrogens (primary N) is 1. The van der Waals surface area contributed by atoms with E-state index in [1.807, 2.05) is 0 Å². The molecule has 1 heterocycles. The Bertz CT molecular complexity index is 616. The van der Waals surface area contributed by atoms with Crippen LogP contribution in [0.4, 0.5) is 0 Å². The monoisotopic (exact) mass is 227 g/mol. The van der Waals surface area contributed by atoms with Gasteiger partial charge in [0.1, 0.15) is 0 Å². The van der Waals surface area contributed by atoms with Gasteiger partial charge in [-0.15, -0.1) is 0 Å². The minimum Gasteiger partial charge on any atom is -0.334 e. The number of aromatic nitrogens is 2. The molecule has 2 rings (SSSR count). The lowest BCUT2D eigenvalue weighted by molar-refractivity contribution is 0.892. The molecule has 3 N–H and O–H groups in total. The van der Waals surface area contributed by atoms with Crippen molar-refractivity contribution in [2.75, 3.05) is 5.84 Å². The Labute approximate surface area is 88.9 Å². The normalized spacial score (nSPS) is 10.6. The third-order valence-corrected chi connectivity index (χ3v) is 2.43. The van der Waals surface area contributed by atoms with Crippen LogP contribution in [0.1, 0.15) is 0 Å². The number of rotatable bonds is 0. The van der Waals surface area contributed by atoms with Gasteiger partial charge in [0.05, 0.1) is 10.9 Å². The number of nitrogens with zero attached hydrogens (tertiary/aromatic N) is 1. The first-order chi connectivity index (χ1) is 6.59. The number of fused-ring (bicyclic) bond motifs is 1. The SMILES string of the molecule is Nn1c(=S)[nH]c2cc(Cl)ccc2c1=O. The van der Waals surface area contributed by atoms with Gasteiger partial charge < -0.3 is 10.8 Å². The van der Waals surface area contributed by atoms with Gasteiger partial charge in [0.15, 0.2) is 4.77 Å². The molecule has 2 aromatic rings. The summed E-state index contributed by atoms with van der Waals surface area (Å²) in [6.45, 7) is 0. The maximum absolute atomic E-state index is 11.6. The van der Waals surface area contributed by atoms with Crippen LogP contribution in [0.2, 0.25) is 5.02 Å². The van der Waals surface area contributed by atoms with Gasteiger partial charge in [-0.3, -0.25) is 4.79 Å². The van der Waals surface area contributed by atoms with E-state index in [9.17, 15) is 4.79 Å². The van der Waals surface area contributed by atoms with Gasteiger partial charge in [-0.05, 0) is 30.4 Å². The van der Waals surface area contributed by atoms with E-state index >= 15 is 0 Å². The van der Waals surface area contributed by atoms with E-state index in [1.54, 1.807) is 18.2 Å². The molecule has 0 amide bonds. The van der Waals surface area contributed by atoms with Crippen molar-refractivity contribution in [3.63, 3.8) is 0 Å². The van der Waals surface area contributed by atoms with E-state index in [2.05, 4.69) is 4.98 Å². The van der Waals surface area contributed by atoms with E-state index in [0.29, 0.717) is 15.9 Å². The predicted octanol–water partition coefficient (Wildman–Crippen LogP) is 1.43. The summed E-state index contributed by atoms with van der Waals surface area (Å²) in [4.78, 5) is 14.4. The zero-order valence-corrected chi connectivity index (χ0v) is 8.52. The molecule has 0 atom stereocenters. The third-order valence-electron chi connectivity index (χ3n) is 1.89. The minimum absolute atomic E-state index is 0.171. The van der Waals surface area contributed by atoms with Crippen LogP contribution in [-0.2, 0) is 0 Å². The standard InChI is InChI=1S/C8H6ClN3OS/c9-4-1-2-5-6(3-4)11-8(14)12(10)7(5)13/h1-3H,10H2,(H,11,14). The Morgan fingerprint density at radius 2 is 2.21 bits per heavy atom. The summed E-state index contributed by atoms with van der Waals surface area (Å²) in [5.74, 6) is 5.42. The first-order valence-corrected chi connectivity index (χ1v) is 4.58. The van der Waals surface area contributed by atoms with Gasteiger partial charge >= 0.3 is 0 Å². The maximum atomic E-state index is 11.6. The average molecular weight is 228 g/mol. The zero-order chi connectivity index (χ0) is 10.3. The van der Waals surface area contributed by atoms with Gasteiger partial charge in [0.25, 0.3) is 5.56 Å². The molecule has 1 aromatic carbocycles. The summed E-state index contributed by atoms with van der Waals surface area (Å²) >= 11 is 10.6. The lowest BCUT2D eigenvalue weighted by Crippen LogP contribution is -2.28. The predicted molar refractivity (Wildman–Crippen MR) is 58.6 cm³/mol. The van der Waals surface area contributed by atoms with E-state index < -0.39 is 0 Å². The molecule has 72 valence electrons. The Morgan fingerprint density at radius 3 is 2.93 bits per heavy atom. The number of nitrogen functional groups attached to an aromatic ring is 1. The Hall–Kier alpha value is -1.33. The van der Waals surface area contributed by atoms with Crippen LogP contribution in [0.5, 0.6) is 0 Å². The molecule has 4 nitrogen and oxygen atoms in total. The first kappa shape index (κ1) is 9.23. The Kier molecular flexibility index (Phi) is 2.05. The quantitative estimate of drug-likeness (QED) is 0.529. The maximum Gasteiger partial charge on any atom is 0.280 e. The number of benzene rings is 1. The number of nitrogens with one attached hydrogen (secondary N) is 1. The summed E-state index contributed by atoms with van der Waals surface area (Å²) < 4.78 is 1.07. The summed E-state index contributed by atoms with van der Waals surface area (Å²) in [6.07, 6.45) is 0. The van der Waals surface area contributed by atoms with Gasteiger partial charge in [-0.25, -0.2) is 0 Å². The molecule has 0 spiro atoms. The Morgan fingerprint density at radius 1 is 1.50 bits per heavy atom. The molecule has 6 heteroatoms. The Balaban J connectivity index is 3.06. The van der Waals surface area contributed by atoms with Gasteiger partial charge in [0, 0.05) is 5.02 Å². The van der Waals surface area contributed by atoms with E-state index in [-0.39, 0.29) is 10.3 Å². The van der Waals surface area contributed by atoms with E-state index in [0.717, 1.165) is 4.68 Å². The largest absolute Gasteiger partial charge is 0.334 e. The van der Waals surface area contributed by atoms with Gasteiger partial charge in [-0.1, -0.05) is 11.6 Å². The number of hydrogen-bond acceptors (Lipinski definition) is 3. The zero-order valence-electron chi connectivity index (χ0n) is 6.95. The van der Waals surface area contributed by atoms with Crippen LogP contribution >= 0.6 is 23.8 Å². The fourth-order valence-corrected chi connectivity index (χ4v) is 1.57. The van der Waals surface area contributed by atoms with Crippen molar-refractivity contribution >= 4 is 34.7 Å². The van der Waals surface area contributed by atoms with Crippen LogP contribution in [-0.4, -0.2) is 9.66 Å². The topological polar surface area (TPSA) is 63.8 Å². The number of aromatic amines is 1. The minimum atomic E-state index is -0.333. The van der Waals surface area contributed by atoms with Crippen molar-refractivity contribution in [1.82, 2.24) is 9.66 Å². The molecular formula is C8H6ClN3OS. The van der Waals surface area contributed by atoms with Gasteiger partial charge in [-0.2, -0.15) is 4.68 Å². The molecule has 0 bridgehead atoms. The average Bonchev–Trinajstić information content (AvgIpc) is 2.14. The van der Waals surface area contributed by atoms with Crippen LogP contribution in [0.25, 0.3) is 10.9 Å². The molecule has 14 heavy (non-hydrogen) atoms. The highest BCUT2D eigenvalue weighted by Crippen LogP contribution is 2.13.